The van der Waals surface area contributed by atoms with Crippen LogP contribution >= 0.6 is 0 Å². The summed E-state index contributed by atoms with van der Waals surface area (Å²) < 4.78 is 11.3. The molecule has 216 valence electrons. The Hall–Kier alpha value is -3.33. The van der Waals surface area contributed by atoms with Crippen molar-refractivity contribution < 1.29 is 19.1 Å². The van der Waals surface area contributed by atoms with E-state index in [2.05, 4.69) is 26.2 Å². The average molecular weight is 550 g/mol. The Morgan fingerprint density at radius 3 is 2.52 bits per heavy atom. The fourth-order valence-electron chi connectivity index (χ4n) is 6.65. The van der Waals surface area contributed by atoms with Gasteiger partial charge in [0.1, 0.15) is 5.82 Å². The van der Waals surface area contributed by atoms with E-state index < -0.39 is 0 Å². The summed E-state index contributed by atoms with van der Waals surface area (Å²) in [7, 11) is 3.32. The van der Waals surface area contributed by atoms with Gasteiger partial charge in [0.25, 0.3) is 0 Å². The second-order valence-corrected chi connectivity index (χ2v) is 11.2. The highest BCUT2D eigenvalue weighted by Crippen LogP contribution is 2.39. The van der Waals surface area contributed by atoms with Crippen LogP contribution in [0.3, 0.4) is 0 Å². The third-order valence-corrected chi connectivity index (χ3v) is 8.78. The molecule has 1 saturated carbocycles. The zero-order valence-corrected chi connectivity index (χ0v) is 23.9. The van der Waals surface area contributed by atoms with Gasteiger partial charge in [-0.3, -0.25) is 14.5 Å². The molecule has 0 bridgehead atoms. The lowest BCUT2D eigenvalue weighted by Crippen LogP contribution is -2.50. The van der Waals surface area contributed by atoms with Gasteiger partial charge in [0.05, 0.1) is 20.1 Å². The van der Waals surface area contributed by atoms with Crippen molar-refractivity contribution in [1.82, 2.24) is 20.1 Å². The molecule has 1 aromatic heterocycles. The van der Waals surface area contributed by atoms with E-state index in [9.17, 15) is 9.59 Å². The lowest BCUT2D eigenvalue weighted by Gasteiger charge is -2.36. The van der Waals surface area contributed by atoms with E-state index in [1.165, 1.54) is 0 Å². The smallest absolute Gasteiger partial charge is 0.225 e. The van der Waals surface area contributed by atoms with E-state index in [1.54, 1.807) is 14.2 Å². The van der Waals surface area contributed by atoms with E-state index in [0.29, 0.717) is 44.8 Å². The molecule has 1 aromatic carbocycles. The van der Waals surface area contributed by atoms with Crippen molar-refractivity contribution in [2.24, 2.45) is 11.8 Å². The molecule has 2 aliphatic heterocycles. The minimum absolute atomic E-state index is 0.00207. The van der Waals surface area contributed by atoms with Gasteiger partial charge in [-0.1, -0.05) is 31.0 Å². The third kappa shape index (κ3) is 6.35. The number of pyridine rings is 1. The molecular weight excluding hydrogens is 506 g/mol. The van der Waals surface area contributed by atoms with Crippen LogP contribution < -0.4 is 19.7 Å². The number of carbonyl (C=O) groups is 2. The first kappa shape index (κ1) is 28.2. The van der Waals surface area contributed by atoms with Gasteiger partial charge >= 0.3 is 0 Å². The lowest BCUT2D eigenvalue weighted by molar-refractivity contribution is -0.135. The van der Waals surface area contributed by atoms with Crippen molar-refractivity contribution >= 4 is 17.6 Å². The quantitative estimate of drug-likeness (QED) is 0.592. The summed E-state index contributed by atoms with van der Waals surface area (Å²) in [5, 5.41) is 3.19. The number of hydrogen-bond acceptors (Lipinski definition) is 7. The number of para-hydroxylation sites is 1. The molecule has 0 unspecified atom stereocenters. The number of methoxy groups -OCH3 is 2. The molecule has 9 heteroatoms. The summed E-state index contributed by atoms with van der Waals surface area (Å²) in [5.41, 5.74) is 1.04. The maximum absolute atomic E-state index is 13.8. The summed E-state index contributed by atoms with van der Waals surface area (Å²) in [6.45, 7) is 5.14. The number of aromatic nitrogens is 1. The predicted octanol–water partition coefficient (Wildman–Crippen LogP) is 3.33. The zero-order valence-electron chi connectivity index (χ0n) is 23.9. The maximum atomic E-state index is 13.8. The molecule has 1 N–H and O–H groups in total. The molecule has 3 atom stereocenters. The second-order valence-electron chi connectivity index (χ2n) is 11.2. The van der Waals surface area contributed by atoms with Gasteiger partial charge in [0.2, 0.25) is 11.8 Å². The van der Waals surface area contributed by atoms with Crippen LogP contribution in [0.2, 0.25) is 0 Å². The van der Waals surface area contributed by atoms with E-state index in [4.69, 9.17) is 9.47 Å². The van der Waals surface area contributed by atoms with Crippen molar-refractivity contribution in [2.75, 3.05) is 58.4 Å². The zero-order chi connectivity index (χ0) is 27.9. The number of hydrogen-bond donors (Lipinski definition) is 1. The standard InChI is InChI=1S/C31H43N5O4/c1-39-27-11-9-10-23(29(27)40-2)22-36-15-8-4-3-6-14-33-30(37)25-20-24(21-26(25)36)31(38)35-18-16-34(17-19-35)28-12-5-7-13-32-28/h5,7,9-13,24-26H,3-4,6,8,14-22H2,1-2H3,(H,33,37)/t24-,25-,26+/m1/s1. The van der Waals surface area contributed by atoms with Gasteiger partial charge in [0, 0.05) is 63.0 Å². The number of nitrogens with one attached hydrogen (secondary N) is 1. The molecule has 5 rings (SSSR count). The molecule has 3 fully saturated rings. The molecule has 1 aliphatic carbocycles. The Kier molecular flexibility index (Phi) is 9.41. The topological polar surface area (TPSA) is 87.2 Å². The SMILES string of the molecule is COc1cccc(CN2CCCCCCNC(=O)[C@@H]3C[C@@H](C(=O)N4CCN(c5ccccn5)CC4)C[C@@H]32)c1OC. The molecule has 2 aromatic rings. The molecule has 2 saturated heterocycles. The Balaban J connectivity index is 1.33. The lowest BCUT2D eigenvalue weighted by atomic mass is 9.99. The fraction of sp³-hybridized carbons (Fsp3) is 0.581. The van der Waals surface area contributed by atoms with E-state index in [-0.39, 0.29) is 29.7 Å². The number of anilines is 1. The summed E-state index contributed by atoms with van der Waals surface area (Å²) in [6.07, 6.45) is 7.40. The molecule has 3 heterocycles. The number of ether oxygens (including phenoxy) is 2. The first-order valence-corrected chi connectivity index (χ1v) is 14.8. The molecule has 3 aliphatic rings. The van der Waals surface area contributed by atoms with Gasteiger partial charge in [-0.25, -0.2) is 4.98 Å². The van der Waals surface area contributed by atoms with Crippen molar-refractivity contribution in [2.45, 2.75) is 51.1 Å². The van der Waals surface area contributed by atoms with Crippen molar-refractivity contribution in [3.05, 3.63) is 48.2 Å². The number of piperazine rings is 1. The fourth-order valence-corrected chi connectivity index (χ4v) is 6.65. The second kappa shape index (κ2) is 13.4. The Labute approximate surface area is 237 Å². The summed E-state index contributed by atoms with van der Waals surface area (Å²) in [6, 6.07) is 11.9. The third-order valence-electron chi connectivity index (χ3n) is 8.78. The van der Waals surface area contributed by atoms with Crippen LogP contribution in [-0.2, 0) is 16.1 Å². The average Bonchev–Trinajstić information content (AvgIpc) is 3.44. The van der Waals surface area contributed by atoms with Crippen molar-refractivity contribution in [3.8, 4) is 11.5 Å². The van der Waals surface area contributed by atoms with Gasteiger partial charge < -0.3 is 24.6 Å². The maximum Gasteiger partial charge on any atom is 0.225 e. The predicted molar refractivity (Wildman–Crippen MR) is 154 cm³/mol. The van der Waals surface area contributed by atoms with Crippen LogP contribution in [0.1, 0.15) is 44.1 Å². The van der Waals surface area contributed by atoms with Crippen LogP contribution in [0.4, 0.5) is 5.82 Å². The molecule has 40 heavy (non-hydrogen) atoms. The van der Waals surface area contributed by atoms with Gasteiger partial charge in [-0.15, -0.1) is 0 Å². The molecule has 0 radical (unpaired) electrons. The summed E-state index contributed by atoms with van der Waals surface area (Å²) in [4.78, 5) is 38.4. The first-order valence-electron chi connectivity index (χ1n) is 14.8. The monoisotopic (exact) mass is 549 g/mol. The summed E-state index contributed by atoms with van der Waals surface area (Å²) >= 11 is 0. The first-order chi connectivity index (χ1) is 19.6. The minimum Gasteiger partial charge on any atom is -0.493 e. The highest BCUT2D eigenvalue weighted by atomic mass is 16.5. The van der Waals surface area contributed by atoms with Crippen LogP contribution in [0.15, 0.2) is 42.6 Å². The number of amides is 2. The Morgan fingerprint density at radius 1 is 0.950 bits per heavy atom. The normalized spacial score (nSPS) is 24.6. The number of rotatable bonds is 6. The Bertz CT molecular complexity index is 1140. The van der Waals surface area contributed by atoms with E-state index >= 15 is 0 Å². The molecular formula is C31H43N5O4. The van der Waals surface area contributed by atoms with Gasteiger partial charge in [-0.05, 0) is 50.4 Å². The number of benzene rings is 1. The number of carbonyl (C=O) groups excluding carboxylic acids is 2. The van der Waals surface area contributed by atoms with Gasteiger partial charge in [0.15, 0.2) is 11.5 Å². The van der Waals surface area contributed by atoms with Crippen molar-refractivity contribution in [1.29, 1.82) is 0 Å². The molecule has 0 spiro atoms. The summed E-state index contributed by atoms with van der Waals surface area (Å²) in [5.74, 6) is 2.31. The van der Waals surface area contributed by atoms with Gasteiger partial charge in [-0.2, -0.15) is 0 Å². The van der Waals surface area contributed by atoms with Crippen LogP contribution in [0.5, 0.6) is 11.5 Å². The van der Waals surface area contributed by atoms with Crippen LogP contribution in [-0.4, -0.2) is 86.1 Å². The molecule has 2 amide bonds. The molecule has 9 nitrogen and oxygen atoms in total. The van der Waals surface area contributed by atoms with E-state index in [0.717, 1.165) is 62.4 Å². The van der Waals surface area contributed by atoms with E-state index in [1.807, 2.05) is 41.4 Å². The highest BCUT2D eigenvalue weighted by molar-refractivity contribution is 5.84. The minimum atomic E-state index is -0.210. The Morgan fingerprint density at radius 2 is 1.77 bits per heavy atom. The van der Waals surface area contributed by atoms with Crippen LogP contribution in [0.25, 0.3) is 0 Å². The number of fused-ring (bicyclic) bond motifs is 1. The van der Waals surface area contributed by atoms with Crippen LogP contribution in [0, 0.1) is 11.8 Å². The highest BCUT2D eigenvalue weighted by Gasteiger charge is 2.45. The number of nitrogens with zero attached hydrogens (tertiary/aromatic N) is 4. The largest absolute Gasteiger partial charge is 0.493 e. The van der Waals surface area contributed by atoms with Crippen molar-refractivity contribution in [3.63, 3.8) is 0 Å².